The molecule has 0 bridgehead atoms. The maximum Gasteiger partial charge on any atom is 0.125 e. The molecule has 0 aromatic heterocycles. The second kappa shape index (κ2) is 9.80. The molecule has 2 aromatic carbocycles. The third-order valence-electron chi connectivity index (χ3n) is 5.90. The highest BCUT2D eigenvalue weighted by Crippen LogP contribution is 2.26. The zero-order chi connectivity index (χ0) is 21.8. The van der Waals surface area contributed by atoms with Crippen LogP contribution in [-0.4, -0.2) is 47.1 Å². The summed E-state index contributed by atoms with van der Waals surface area (Å²) in [6.07, 6.45) is 4.35. The van der Waals surface area contributed by atoms with Crippen LogP contribution in [0.4, 0.5) is 4.39 Å². The Morgan fingerprint density at radius 3 is 2.13 bits per heavy atom. The normalized spacial score (nSPS) is 19.3. The molecule has 0 radical (unpaired) electrons. The van der Waals surface area contributed by atoms with Crippen LogP contribution >= 0.6 is 0 Å². The Morgan fingerprint density at radius 2 is 1.58 bits per heavy atom. The molecular formula is C25H33FN2O2S. The molecular weight excluding hydrogens is 411 g/mol. The van der Waals surface area contributed by atoms with Gasteiger partial charge in [0, 0.05) is 12.6 Å². The highest BCUT2D eigenvalue weighted by Gasteiger charge is 2.25. The zero-order valence-electron chi connectivity index (χ0n) is 18.5. The first-order chi connectivity index (χ1) is 14.9. The third-order valence-corrected chi connectivity index (χ3v) is 7.15. The Bertz CT molecular complexity index is 868. The summed E-state index contributed by atoms with van der Waals surface area (Å²) in [6, 6.07) is 16.5. The Kier molecular flexibility index (Phi) is 7.09. The molecule has 1 aliphatic carbocycles. The summed E-state index contributed by atoms with van der Waals surface area (Å²) in [7, 11) is -1.12. The number of ether oxygens (including phenoxy) is 1. The van der Waals surface area contributed by atoms with E-state index in [0.717, 1.165) is 60.5 Å². The van der Waals surface area contributed by atoms with Crippen LogP contribution in [0.3, 0.4) is 0 Å². The van der Waals surface area contributed by atoms with Crippen LogP contribution in [0, 0.1) is 5.92 Å². The summed E-state index contributed by atoms with van der Waals surface area (Å²) >= 11 is 0. The molecule has 2 aliphatic rings. The van der Waals surface area contributed by atoms with Gasteiger partial charge in [0.2, 0.25) is 0 Å². The third kappa shape index (κ3) is 6.86. The van der Waals surface area contributed by atoms with Crippen molar-refractivity contribution in [3.63, 3.8) is 0 Å². The average Bonchev–Trinajstić information content (AvgIpc) is 3.57. The largest absolute Gasteiger partial charge is 0.493 e. The lowest BCUT2D eigenvalue weighted by Gasteiger charge is -2.34. The van der Waals surface area contributed by atoms with Crippen LogP contribution in [0.25, 0.3) is 11.1 Å². The van der Waals surface area contributed by atoms with Gasteiger partial charge in [-0.25, -0.2) is 13.3 Å². The Labute approximate surface area is 187 Å². The summed E-state index contributed by atoms with van der Waals surface area (Å²) in [6.45, 7) is 6.40. The summed E-state index contributed by atoms with van der Waals surface area (Å²) in [5, 5.41) is 0. The monoisotopic (exact) mass is 444 g/mol. The number of halogens is 1. The quantitative estimate of drug-likeness (QED) is 0.594. The Hall–Kier alpha value is -1.76. The Morgan fingerprint density at radius 1 is 1.00 bits per heavy atom. The van der Waals surface area contributed by atoms with Crippen LogP contribution in [0.1, 0.15) is 39.5 Å². The zero-order valence-corrected chi connectivity index (χ0v) is 19.3. The van der Waals surface area contributed by atoms with Crippen molar-refractivity contribution in [2.75, 3.05) is 26.2 Å². The van der Waals surface area contributed by atoms with Crippen molar-refractivity contribution >= 4 is 11.0 Å². The molecule has 4 nitrogen and oxygen atoms in total. The second-order valence-corrected chi connectivity index (χ2v) is 10.7. The minimum Gasteiger partial charge on any atom is -0.493 e. The molecule has 1 saturated carbocycles. The fourth-order valence-electron chi connectivity index (χ4n) is 3.99. The smallest absolute Gasteiger partial charge is 0.125 e. The molecule has 168 valence electrons. The number of hydrogen-bond donors (Lipinski definition) is 1. The summed E-state index contributed by atoms with van der Waals surface area (Å²) < 4.78 is 35.2. The molecule has 31 heavy (non-hydrogen) atoms. The minimum atomic E-state index is -1.13. The van der Waals surface area contributed by atoms with Crippen molar-refractivity contribution in [2.45, 2.75) is 56.1 Å². The molecule has 0 amide bonds. The van der Waals surface area contributed by atoms with Gasteiger partial charge in [0.1, 0.15) is 22.4 Å². The van der Waals surface area contributed by atoms with E-state index < -0.39 is 16.7 Å². The van der Waals surface area contributed by atoms with E-state index in [9.17, 15) is 8.60 Å². The van der Waals surface area contributed by atoms with E-state index in [1.165, 1.54) is 0 Å². The summed E-state index contributed by atoms with van der Waals surface area (Å²) in [5.74, 6) is 1.40. The lowest BCUT2D eigenvalue weighted by atomic mass is 9.97. The van der Waals surface area contributed by atoms with Crippen molar-refractivity contribution in [1.29, 1.82) is 0 Å². The van der Waals surface area contributed by atoms with Gasteiger partial charge in [-0.05, 0) is 93.9 Å². The first kappa shape index (κ1) is 22.4. The highest BCUT2D eigenvalue weighted by atomic mass is 32.2. The lowest BCUT2D eigenvalue weighted by molar-refractivity contribution is 0.0836. The summed E-state index contributed by atoms with van der Waals surface area (Å²) in [4.78, 5) is 3.03. The average molecular weight is 445 g/mol. The fraction of sp³-hybridized carbons (Fsp3) is 0.520. The molecule has 1 saturated heterocycles. The van der Waals surface area contributed by atoms with E-state index in [4.69, 9.17) is 4.74 Å². The van der Waals surface area contributed by atoms with Gasteiger partial charge in [0.05, 0.1) is 11.5 Å². The molecule has 1 heterocycles. The maximum atomic E-state index is 13.8. The number of benzene rings is 2. The van der Waals surface area contributed by atoms with Crippen molar-refractivity contribution in [1.82, 2.24) is 9.62 Å². The van der Waals surface area contributed by atoms with E-state index in [1.54, 1.807) is 13.8 Å². The molecule has 4 rings (SSSR count). The molecule has 2 fully saturated rings. The van der Waals surface area contributed by atoms with E-state index in [0.29, 0.717) is 25.1 Å². The van der Waals surface area contributed by atoms with Gasteiger partial charge in [-0.3, -0.25) is 0 Å². The van der Waals surface area contributed by atoms with E-state index in [1.807, 2.05) is 36.4 Å². The first-order valence-electron chi connectivity index (χ1n) is 11.3. The number of piperidine rings is 1. The maximum absolute atomic E-state index is 13.8. The van der Waals surface area contributed by atoms with Crippen molar-refractivity contribution in [3.05, 3.63) is 48.5 Å². The fourth-order valence-corrected chi connectivity index (χ4v) is 5.05. The van der Waals surface area contributed by atoms with E-state index in [-0.39, 0.29) is 0 Å². The van der Waals surface area contributed by atoms with Gasteiger partial charge >= 0.3 is 0 Å². The lowest BCUT2D eigenvalue weighted by Crippen LogP contribution is -2.41. The van der Waals surface area contributed by atoms with Crippen LogP contribution in [0.15, 0.2) is 53.4 Å². The van der Waals surface area contributed by atoms with E-state index in [2.05, 4.69) is 21.8 Å². The SMILES string of the molecule is CC(C)(F)CN1CCC(COc2ccc(-c3ccc(S(=O)NC4CC4)cc3)cc2)CC1. The van der Waals surface area contributed by atoms with Gasteiger partial charge in [-0.15, -0.1) is 0 Å². The van der Waals surface area contributed by atoms with Crippen molar-refractivity contribution in [2.24, 2.45) is 5.92 Å². The molecule has 0 spiro atoms. The predicted molar refractivity (Wildman–Crippen MR) is 124 cm³/mol. The predicted octanol–water partition coefficient (Wildman–Crippen LogP) is 4.97. The molecule has 6 heteroatoms. The molecule has 1 aliphatic heterocycles. The number of rotatable bonds is 9. The summed E-state index contributed by atoms with van der Waals surface area (Å²) in [5.41, 5.74) is 1.08. The van der Waals surface area contributed by atoms with Gasteiger partial charge < -0.3 is 9.64 Å². The van der Waals surface area contributed by atoms with Gasteiger partial charge in [0.25, 0.3) is 0 Å². The van der Waals surface area contributed by atoms with Gasteiger partial charge in [-0.2, -0.15) is 0 Å². The van der Waals surface area contributed by atoms with Crippen molar-refractivity contribution < 1.29 is 13.3 Å². The minimum absolute atomic E-state index is 0.419. The number of likely N-dealkylation sites (tertiary alicyclic amines) is 1. The van der Waals surface area contributed by atoms with Crippen LogP contribution in [0.5, 0.6) is 5.75 Å². The molecule has 1 N–H and O–H groups in total. The highest BCUT2D eigenvalue weighted by molar-refractivity contribution is 7.83. The second-order valence-electron chi connectivity index (χ2n) is 9.46. The van der Waals surface area contributed by atoms with Crippen LogP contribution in [-0.2, 0) is 11.0 Å². The van der Waals surface area contributed by atoms with Gasteiger partial charge in [0.15, 0.2) is 0 Å². The van der Waals surface area contributed by atoms with Crippen LogP contribution < -0.4 is 9.46 Å². The first-order valence-corrected chi connectivity index (χ1v) is 12.4. The van der Waals surface area contributed by atoms with Crippen LogP contribution in [0.2, 0.25) is 0 Å². The van der Waals surface area contributed by atoms with Crippen molar-refractivity contribution in [3.8, 4) is 16.9 Å². The Balaban J connectivity index is 1.24. The number of alkyl halides is 1. The molecule has 1 unspecified atom stereocenters. The molecule has 1 atom stereocenters. The molecule has 2 aromatic rings. The number of nitrogens with zero attached hydrogens (tertiary/aromatic N) is 1. The van der Waals surface area contributed by atoms with E-state index >= 15 is 0 Å². The number of nitrogens with one attached hydrogen (secondary N) is 1. The standard InChI is InChI=1S/C25H33FN2O2S/c1-25(2,26)18-28-15-13-19(14-16-28)17-30-23-9-3-20(4-10-23)21-5-11-24(12-6-21)31(29)27-22-7-8-22/h3-6,9-12,19,22,27H,7-8,13-18H2,1-2H3. The van der Waals surface area contributed by atoms with Gasteiger partial charge in [-0.1, -0.05) is 24.3 Å². The topological polar surface area (TPSA) is 41.6 Å². The number of hydrogen-bond acceptors (Lipinski definition) is 3.